The van der Waals surface area contributed by atoms with Crippen LogP contribution >= 0.6 is 15.9 Å². The summed E-state index contributed by atoms with van der Waals surface area (Å²) in [6, 6.07) is 3.09. The molecule has 12 heteroatoms. The molecule has 30 heavy (non-hydrogen) atoms. The molecule has 0 radical (unpaired) electrons. The molecule has 1 aromatic rings. The van der Waals surface area contributed by atoms with Crippen LogP contribution in [0, 0.1) is 6.92 Å². The number of benzene rings is 1. The van der Waals surface area contributed by atoms with E-state index in [-0.39, 0.29) is 24.5 Å². The molecule has 8 nitrogen and oxygen atoms in total. The lowest BCUT2D eigenvalue weighted by molar-refractivity contribution is -0.189. The van der Waals surface area contributed by atoms with Gasteiger partial charge in [0.1, 0.15) is 5.75 Å². The number of hydrogen-bond donors (Lipinski definition) is 1. The second kappa shape index (κ2) is 10.6. The first kappa shape index (κ1) is 24.0. The second-order valence-electron chi connectivity index (χ2n) is 6.15. The van der Waals surface area contributed by atoms with Crippen molar-refractivity contribution in [1.29, 1.82) is 0 Å². The zero-order chi connectivity index (χ0) is 22.3. The molecule has 2 rings (SSSR count). The number of hydrogen-bond acceptors (Lipinski definition) is 8. The smallest absolute Gasteiger partial charge is 0.475 e. The van der Waals surface area contributed by atoms with Gasteiger partial charge in [0.05, 0.1) is 18.8 Å². The lowest BCUT2D eigenvalue weighted by Gasteiger charge is -2.28. The van der Waals surface area contributed by atoms with Gasteiger partial charge >= 0.3 is 18.3 Å². The van der Waals surface area contributed by atoms with Crippen molar-refractivity contribution in [3.05, 3.63) is 33.3 Å². The van der Waals surface area contributed by atoms with Crippen molar-refractivity contribution in [2.45, 2.75) is 32.0 Å². The number of fused-ring (bicyclic) bond motifs is 1. The summed E-state index contributed by atoms with van der Waals surface area (Å²) in [4.78, 5) is 27.9. The van der Waals surface area contributed by atoms with E-state index in [0.717, 1.165) is 6.08 Å². The van der Waals surface area contributed by atoms with Crippen LogP contribution in [0.5, 0.6) is 5.75 Å². The fraction of sp³-hybridized carbons (Fsp3) is 0.444. The second-order valence-corrected chi connectivity index (χ2v) is 7.07. The number of halogens is 4. The standard InChI is InChI=1S/C18H19BrF3NO7/c1-10-6-12(19)7-11-8-13(15(18(20,21)22)30-14(10)11)16(24)27-9-28-17(25)26-4-2-3-5-29-23/h6-8,15H,2-5,9,23H2,1H3. The first-order valence-electron chi connectivity index (χ1n) is 8.67. The van der Waals surface area contributed by atoms with Crippen LogP contribution in [0.25, 0.3) is 6.08 Å². The zero-order valence-corrected chi connectivity index (χ0v) is 17.4. The van der Waals surface area contributed by atoms with E-state index >= 15 is 0 Å². The van der Waals surface area contributed by atoms with Crippen LogP contribution in [0.2, 0.25) is 0 Å². The van der Waals surface area contributed by atoms with E-state index < -0.39 is 36.8 Å². The number of rotatable bonds is 8. The van der Waals surface area contributed by atoms with E-state index in [1.807, 2.05) is 0 Å². The summed E-state index contributed by atoms with van der Waals surface area (Å²) in [5.74, 6) is 3.51. The Morgan fingerprint density at radius 3 is 2.53 bits per heavy atom. The van der Waals surface area contributed by atoms with Gasteiger partial charge in [-0.3, -0.25) is 0 Å². The predicted octanol–water partition coefficient (Wildman–Crippen LogP) is 3.79. The molecule has 0 aliphatic carbocycles. The van der Waals surface area contributed by atoms with E-state index in [4.69, 9.17) is 15.4 Å². The third-order valence-electron chi connectivity index (χ3n) is 3.87. The Balaban J connectivity index is 2.00. The van der Waals surface area contributed by atoms with Crippen LogP contribution in [-0.4, -0.2) is 44.4 Å². The number of esters is 1. The first-order valence-corrected chi connectivity index (χ1v) is 9.46. The van der Waals surface area contributed by atoms with Gasteiger partial charge in [0.25, 0.3) is 0 Å². The largest absolute Gasteiger partial charge is 0.511 e. The molecule has 166 valence electrons. The number of ether oxygens (including phenoxy) is 4. The van der Waals surface area contributed by atoms with Gasteiger partial charge < -0.3 is 23.8 Å². The van der Waals surface area contributed by atoms with Crippen molar-refractivity contribution in [1.82, 2.24) is 0 Å². The molecule has 1 aliphatic rings. The monoisotopic (exact) mass is 497 g/mol. The molecule has 1 atom stereocenters. The molecule has 1 heterocycles. The van der Waals surface area contributed by atoms with Crippen LogP contribution in [0.4, 0.5) is 18.0 Å². The first-order chi connectivity index (χ1) is 14.1. The van der Waals surface area contributed by atoms with Crippen LogP contribution in [0.3, 0.4) is 0 Å². The molecule has 1 aromatic carbocycles. The van der Waals surface area contributed by atoms with E-state index in [9.17, 15) is 22.8 Å². The number of aryl methyl sites for hydroxylation is 1. The Labute approximate surface area is 178 Å². The fourth-order valence-electron chi connectivity index (χ4n) is 2.56. The maximum Gasteiger partial charge on any atom is 0.511 e. The molecule has 0 saturated carbocycles. The highest BCUT2D eigenvalue weighted by atomic mass is 79.9. The summed E-state index contributed by atoms with van der Waals surface area (Å²) in [6.45, 7) is 0.954. The summed E-state index contributed by atoms with van der Waals surface area (Å²) in [7, 11) is 0. The van der Waals surface area contributed by atoms with Crippen LogP contribution in [0.15, 0.2) is 22.2 Å². The molecule has 2 N–H and O–H groups in total. The highest BCUT2D eigenvalue weighted by Gasteiger charge is 2.49. The Morgan fingerprint density at radius 2 is 1.87 bits per heavy atom. The zero-order valence-electron chi connectivity index (χ0n) is 15.8. The van der Waals surface area contributed by atoms with Crippen molar-refractivity contribution >= 4 is 34.1 Å². The van der Waals surface area contributed by atoms with E-state index in [1.165, 1.54) is 6.07 Å². The Hall–Kier alpha value is -2.31. The molecular formula is C18H19BrF3NO7. The number of nitrogens with two attached hydrogens (primary N) is 1. The summed E-state index contributed by atoms with van der Waals surface area (Å²) in [6.07, 6.45) is -6.48. The van der Waals surface area contributed by atoms with Gasteiger partial charge in [-0.2, -0.15) is 13.2 Å². The Kier molecular flexibility index (Phi) is 8.50. The molecule has 0 aromatic heterocycles. The number of carbonyl (C=O) groups is 2. The fourth-order valence-corrected chi connectivity index (χ4v) is 3.15. The molecule has 0 bridgehead atoms. The van der Waals surface area contributed by atoms with Crippen molar-refractivity contribution < 1.29 is 46.5 Å². The molecule has 1 aliphatic heterocycles. The van der Waals surface area contributed by atoms with Crippen LogP contribution in [-0.2, 0) is 23.8 Å². The number of alkyl halides is 3. The van der Waals surface area contributed by atoms with Gasteiger partial charge in [-0.05, 0) is 43.5 Å². The molecule has 0 amide bonds. The number of carbonyl (C=O) groups excluding carboxylic acids is 2. The van der Waals surface area contributed by atoms with E-state index in [0.29, 0.717) is 22.9 Å². The van der Waals surface area contributed by atoms with Gasteiger partial charge in [0, 0.05) is 10.0 Å². The van der Waals surface area contributed by atoms with Gasteiger partial charge in [0.15, 0.2) is 0 Å². The minimum atomic E-state index is -4.87. The molecular weight excluding hydrogens is 479 g/mol. The third-order valence-corrected chi connectivity index (χ3v) is 4.33. The number of unbranched alkanes of at least 4 members (excludes halogenated alkanes) is 1. The van der Waals surface area contributed by atoms with E-state index in [1.54, 1.807) is 13.0 Å². The average Bonchev–Trinajstić information content (AvgIpc) is 2.66. The maximum absolute atomic E-state index is 13.4. The molecule has 0 fully saturated rings. The minimum Gasteiger partial charge on any atom is -0.475 e. The van der Waals surface area contributed by atoms with Crippen LogP contribution < -0.4 is 10.6 Å². The Morgan fingerprint density at radius 1 is 1.17 bits per heavy atom. The summed E-state index contributed by atoms with van der Waals surface area (Å²) < 4.78 is 59.8. The summed E-state index contributed by atoms with van der Waals surface area (Å²) in [5.41, 5.74) is -0.0382. The van der Waals surface area contributed by atoms with E-state index in [2.05, 4.69) is 30.2 Å². The van der Waals surface area contributed by atoms with Gasteiger partial charge in [0.2, 0.25) is 12.9 Å². The van der Waals surface area contributed by atoms with Crippen LogP contribution in [0.1, 0.15) is 24.0 Å². The molecule has 0 saturated heterocycles. The third kappa shape index (κ3) is 6.61. The predicted molar refractivity (Wildman–Crippen MR) is 100 cm³/mol. The van der Waals surface area contributed by atoms with Crippen molar-refractivity contribution in [3.63, 3.8) is 0 Å². The average molecular weight is 498 g/mol. The highest BCUT2D eigenvalue weighted by molar-refractivity contribution is 9.10. The summed E-state index contributed by atoms with van der Waals surface area (Å²) in [5, 5.41) is 0. The SMILES string of the molecule is Cc1cc(Br)cc2c1OC(C(F)(F)F)C(C(=O)OCOC(=O)OCCCCON)=C2. The lowest BCUT2D eigenvalue weighted by Crippen LogP contribution is -2.41. The van der Waals surface area contributed by atoms with Gasteiger partial charge in [-0.25, -0.2) is 15.5 Å². The van der Waals surface area contributed by atoms with Gasteiger partial charge in [-0.15, -0.1) is 0 Å². The highest BCUT2D eigenvalue weighted by Crippen LogP contribution is 2.40. The summed E-state index contributed by atoms with van der Waals surface area (Å²) >= 11 is 3.24. The minimum absolute atomic E-state index is 0.0102. The van der Waals surface area contributed by atoms with Crippen molar-refractivity contribution in [2.24, 2.45) is 5.90 Å². The normalized spacial score (nSPS) is 15.5. The Bertz CT molecular complexity index is 814. The molecule has 1 unspecified atom stereocenters. The lowest BCUT2D eigenvalue weighted by atomic mass is 9.99. The van der Waals surface area contributed by atoms with Crippen molar-refractivity contribution in [2.75, 3.05) is 20.0 Å². The quantitative estimate of drug-likeness (QED) is 0.250. The van der Waals surface area contributed by atoms with Crippen molar-refractivity contribution in [3.8, 4) is 5.75 Å². The molecule has 0 spiro atoms. The topological polar surface area (TPSA) is 106 Å². The van der Waals surface area contributed by atoms with Gasteiger partial charge in [-0.1, -0.05) is 15.9 Å². The maximum atomic E-state index is 13.4.